The summed E-state index contributed by atoms with van der Waals surface area (Å²) in [6, 6.07) is 58.4. The highest BCUT2D eigenvalue weighted by Crippen LogP contribution is 2.33. The molecule has 8 rings (SSSR count). The van der Waals surface area contributed by atoms with Crippen LogP contribution < -0.4 is 5.32 Å². The minimum Gasteiger partial charge on any atom is -0.439 e. The zero-order valence-corrected chi connectivity index (χ0v) is 49.9. The van der Waals surface area contributed by atoms with Gasteiger partial charge in [-0.25, -0.2) is 9.59 Å². The van der Waals surface area contributed by atoms with E-state index in [1.807, 2.05) is 199 Å². The molecule has 2 aliphatic rings. The predicted molar refractivity (Wildman–Crippen MR) is 324 cm³/mol. The lowest BCUT2D eigenvalue weighted by Crippen LogP contribution is -2.61. The third kappa shape index (κ3) is 22.2. The molecule has 0 bridgehead atoms. The number of Topliss-reactive ketones (excluding diaryl/α,β-unsaturated/α-hetero) is 2. The van der Waals surface area contributed by atoms with Crippen molar-refractivity contribution < 1.29 is 57.4 Å². The molecule has 448 valence electrons. The Morgan fingerprint density at radius 3 is 1.25 bits per heavy atom. The number of carbonyl (C=O) groups excluding carboxylic acids is 4. The van der Waals surface area contributed by atoms with Crippen molar-refractivity contribution in [2.45, 2.75) is 169 Å². The highest BCUT2D eigenvalue weighted by atomic mass is 16.7. The van der Waals surface area contributed by atoms with E-state index in [9.17, 15) is 19.2 Å². The Morgan fingerprint density at radius 2 is 0.845 bits per heavy atom. The zero-order valence-electron chi connectivity index (χ0n) is 49.9. The molecule has 2 unspecified atom stereocenters. The third-order valence-electron chi connectivity index (χ3n) is 15.2. The van der Waals surface area contributed by atoms with Crippen LogP contribution in [0.4, 0.5) is 4.79 Å². The summed E-state index contributed by atoms with van der Waals surface area (Å²) >= 11 is 0. The Morgan fingerprint density at radius 1 is 0.500 bits per heavy atom. The monoisotopic (exact) mass is 1150 g/mol. The second kappa shape index (κ2) is 35.4. The molecule has 2 fully saturated rings. The molecule has 6 aromatic carbocycles. The van der Waals surface area contributed by atoms with Gasteiger partial charge in [0, 0.05) is 24.7 Å². The number of aliphatic hydroxyl groups is 1. The van der Waals surface area contributed by atoms with Gasteiger partial charge in [0.05, 0.1) is 50.8 Å². The van der Waals surface area contributed by atoms with Crippen molar-refractivity contribution in [3.63, 3.8) is 0 Å². The average Bonchev–Trinajstić information content (AvgIpc) is 3.14. The van der Waals surface area contributed by atoms with Crippen molar-refractivity contribution in [1.29, 1.82) is 0 Å². The van der Waals surface area contributed by atoms with Gasteiger partial charge in [0.1, 0.15) is 18.2 Å². The number of ketones is 2. The second-order valence-electron chi connectivity index (χ2n) is 22.3. The maximum absolute atomic E-state index is 13.2. The Bertz CT molecular complexity index is 2860. The summed E-state index contributed by atoms with van der Waals surface area (Å²) in [6.07, 6.45) is -0.725. The van der Waals surface area contributed by atoms with Gasteiger partial charge in [0.25, 0.3) is 0 Å². The minimum absolute atomic E-state index is 0.0477. The van der Waals surface area contributed by atoms with E-state index in [1.54, 1.807) is 13.0 Å². The lowest BCUT2D eigenvalue weighted by Gasteiger charge is -2.44. The average molecular weight is 1150 g/mol. The number of amides is 1. The van der Waals surface area contributed by atoms with Crippen LogP contribution in [0.5, 0.6) is 0 Å². The number of hydrogen-bond acceptors (Lipinski definition) is 13. The van der Waals surface area contributed by atoms with E-state index in [2.05, 4.69) is 34.6 Å². The number of carbonyl (C=O) groups is 3. The van der Waals surface area contributed by atoms with Crippen LogP contribution in [0.1, 0.15) is 102 Å². The molecule has 6 aromatic rings. The quantitative estimate of drug-likeness (QED) is 0.0410. The van der Waals surface area contributed by atoms with Gasteiger partial charge in [-0.3, -0.25) is 9.59 Å². The summed E-state index contributed by atoms with van der Waals surface area (Å²) in [6.45, 7) is 16.8. The van der Waals surface area contributed by atoms with Crippen molar-refractivity contribution in [3.05, 3.63) is 215 Å². The molecule has 84 heavy (non-hydrogen) atoms. The molecule has 2 heterocycles. The normalized spacial score (nSPS) is 23.2. The number of nitrogens with one attached hydrogen (secondary N) is 1. The van der Waals surface area contributed by atoms with Crippen LogP contribution >= 0.6 is 0 Å². The molecule has 14 atom stereocenters. The first kappa shape index (κ1) is 66.2. The highest BCUT2D eigenvalue weighted by molar-refractivity contribution is 5.85. The first-order chi connectivity index (χ1) is 40.6. The van der Waals surface area contributed by atoms with Crippen molar-refractivity contribution in [2.24, 2.45) is 28.7 Å². The SMILES string of the molecule is C[C@H](CC(=O)[C@@H](C)O)Cc1ccccc1.C[C@H](CC(=O)[C@@H](C)OC(=O)N[C@H]1C(OCc2ccccc2)O[C@H](C)[C@@H](C)[C@@H]1OCc1ccccc1)Cc1ccccc1.C[C@H]1[C@H](OCc2ccccc2)[C@@H](N=C=O)C(OCc2ccccc2)O[C@@H]1C. The number of rotatable bonds is 25. The van der Waals surface area contributed by atoms with E-state index in [-0.39, 0.29) is 53.6 Å². The lowest BCUT2D eigenvalue weighted by molar-refractivity contribution is -0.256. The maximum Gasteiger partial charge on any atom is 0.408 e. The third-order valence-corrected chi connectivity index (χ3v) is 15.2. The van der Waals surface area contributed by atoms with Gasteiger partial charge < -0.3 is 43.6 Å². The van der Waals surface area contributed by atoms with E-state index in [1.165, 1.54) is 18.1 Å². The number of isocyanates is 1. The number of nitrogens with zero attached hydrogens (tertiary/aromatic N) is 1. The minimum atomic E-state index is -0.892. The Balaban J connectivity index is 0.000000229. The molecule has 14 heteroatoms. The molecule has 0 spiro atoms. The molecule has 0 saturated carbocycles. The fourth-order valence-corrected chi connectivity index (χ4v) is 10.1. The molecule has 2 aliphatic heterocycles. The number of hydrogen-bond donors (Lipinski definition) is 2. The van der Waals surface area contributed by atoms with Crippen LogP contribution in [0.3, 0.4) is 0 Å². The molecule has 2 saturated heterocycles. The fraction of sp³-hybridized carbons (Fsp3) is 0.429. The van der Waals surface area contributed by atoms with Crippen LogP contribution in [0.2, 0.25) is 0 Å². The van der Waals surface area contributed by atoms with Gasteiger partial charge in [0.15, 0.2) is 30.3 Å². The maximum atomic E-state index is 13.2. The highest BCUT2D eigenvalue weighted by Gasteiger charge is 2.46. The van der Waals surface area contributed by atoms with E-state index >= 15 is 0 Å². The van der Waals surface area contributed by atoms with Gasteiger partial charge in [-0.1, -0.05) is 210 Å². The van der Waals surface area contributed by atoms with Crippen LogP contribution in [-0.2, 0) is 86.8 Å². The van der Waals surface area contributed by atoms with Gasteiger partial charge >= 0.3 is 6.09 Å². The fourth-order valence-electron chi connectivity index (χ4n) is 10.1. The molecule has 0 radical (unpaired) electrons. The number of aliphatic hydroxyl groups excluding tert-OH is 1. The van der Waals surface area contributed by atoms with Gasteiger partial charge in [-0.2, -0.15) is 4.99 Å². The molecular formula is C70H86N2O12. The van der Waals surface area contributed by atoms with Gasteiger partial charge in [-0.15, -0.1) is 0 Å². The largest absolute Gasteiger partial charge is 0.439 e. The van der Waals surface area contributed by atoms with Crippen LogP contribution in [0.25, 0.3) is 0 Å². The van der Waals surface area contributed by atoms with E-state index in [0.717, 1.165) is 35.1 Å². The molecular weight excluding hydrogens is 1060 g/mol. The van der Waals surface area contributed by atoms with Crippen LogP contribution in [0, 0.1) is 23.7 Å². The lowest BCUT2D eigenvalue weighted by atomic mass is 9.89. The van der Waals surface area contributed by atoms with Crippen LogP contribution in [0.15, 0.2) is 187 Å². The molecule has 0 aromatic heterocycles. The summed E-state index contributed by atoms with van der Waals surface area (Å²) in [4.78, 5) is 52.4. The van der Waals surface area contributed by atoms with Crippen molar-refractivity contribution >= 4 is 23.7 Å². The Hall–Kier alpha value is -6.97. The number of ether oxygens (including phenoxy) is 7. The zero-order chi connectivity index (χ0) is 60.2. The summed E-state index contributed by atoms with van der Waals surface area (Å²) in [7, 11) is 0. The summed E-state index contributed by atoms with van der Waals surface area (Å²) < 4.78 is 42.6. The van der Waals surface area contributed by atoms with Gasteiger partial charge in [-0.05, 0) is 85.8 Å². The number of benzene rings is 6. The van der Waals surface area contributed by atoms with Crippen molar-refractivity contribution in [2.75, 3.05) is 0 Å². The molecule has 1 amide bonds. The smallest absolute Gasteiger partial charge is 0.408 e. The standard InChI is InChI=1S/C35H43NO6.C22H25NO4.C13H18O2/c1-24(20-28-14-8-5-9-15-28)21-31(37)27(4)42-35(38)36-32-33(39-22-29-16-10-6-11-17-29)25(2)26(3)41-34(32)40-23-30-18-12-7-13-19-30;1-16-17(2)27-22(26-14-19-11-7-4-8-12-19)20(23-15-24)21(16)25-13-18-9-5-3-6-10-18;1-10(9-13(15)11(2)14)8-12-6-4-3-5-7-12/h5-19,24-27,32-34H,20-23H2,1-4H3,(H,36,38);3-12,16-17,20-22H,13-14H2,1-2H3;3-7,10-11,14H,8-9H2,1-2H3/t24-,25+,26+,27+,32+,33-,34?;16-,17-,20-,21+,22?;10-,11+/m010/s1. The Kier molecular flexibility index (Phi) is 27.9. The molecule has 0 aliphatic carbocycles. The van der Waals surface area contributed by atoms with E-state index in [4.69, 9.17) is 38.3 Å². The van der Waals surface area contributed by atoms with Crippen molar-refractivity contribution in [1.82, 2.24) is 5.32 Å². The van der Waals surface area contributed by atoms with Crippen molar-refractivity contribution in [3.8, 4) is 0 Å². The summed E-state index contributed by atoms with van der Waals surface area (Å²) in [5.41, 5.74) is 6.52. The number of aliphatic imine (C=N–C) groups is 1. The first-order valence-electron chi connectivity index (χ1n) is 29.4. The van der Waals surface area contributed by atoms with Crippen LogP contribution in [-0.4, -0.2) is 90.1 Å². The van der Waals surface area contributed by atoms with E-state index in [0.29, 0.717) is 39.3 Å². The number of alkyl carbamates (subject to hydrolysis) is 1. The van der Waals surface area contributed by atoms with E-state index < -0.39 is 49.1 Å². The summed E-state index contributed by atoms with van der Waals surface area (Å²) in [5, 5.41) is 12.0. The first-order valence-corrected chi connectivity index (χ1v) is 29.4. The van der Waals surface area contributed by atoms with Gasteiger partial charge in [0.2, 0.25) is 6.08 Å². The topological polar surface area (TPSA) is 178 Å². The molecule has 2 N–H and O–H groups in total. The second-order valence-corrected chi connectivity index (χ2v) is 22.3. The summed E-state index contributed by atoms with van der Waals surface area (Å²) in [5.74, 6) is 0.229. The Labute approximate surface area is 497 Å². The predicted octanol–water partition coefficient (Wildman–Crippen LogP) is 12.6. The molecule has 14 nitrogen and oxygen atoms in total.